The van der Waals surface area contributed by atoms with Crippen LogP contribution in [0.3, 0.4) is 0 Å². The number of hydrogen-bond acceptors (Lipinski definition) is 4. The third-order valence-corrected chi connectivity index (χ3v) is 5.34. The van der Waals surface area contributed by atoms with Crippen molar-refractivity contribution in [2.75, 3.05) is 6.79 Å². The van der Waals surface area contributed by atoms with Gasteiger partial charge in [-0.15, -0.1) is 0 Å². The maximum absolute atomic E-state index is 13.3. The second-order valence-electron chi connectivity index (χ2n) is 6.75. The number of ether oxygens (including phenoxy) is 2. The van der Waals surface area contributed by atoms with Crippen LogP contribution in [0.5, 0.6) is 5.75 Å². The Bertz CT molecular complexity index is 950. The van der Waals surface area contributed by atoms with Gasteiger partial charge in [0.05, 0.1) is 13.2 Å². The predicted octanol–water partition coefficient (Wildman–Crippen LogP) is 3.70. The van der Waals surface area contributed by atoms with Crippen molar-refractivity contribution in [3.05, 3.63) is 63.9 Å². The summed E-state index contributed by atoms with van der Waals surface area (Å²) in [5, 5.41) is 3.25. The van der Waals surface area contributed by atoms with E-state index in [0.717, 1.165) is 10.5 Å². The molecule has 1 fully saturated rings. The van der Waals surface area contributed by atoms with Gasteiger partial charge in [-0.2, -0.15) is 0 Å². The first-order chi connectivity index (χ1) is 13.4. The van der Waals surface area contributed by atoms with Crippen LogP contribution >= 0.6 is 11.6 Å². The van der Waals surface area contributed by atoms with Crippen LogP contribution in [-0.4, -0.2) is 23.6 Å². The Hall–Kier alpha value is -2.64. The Balaban J connectivity index is 1.69. The van der Waals surface area contributed by atoms with E-state index in [1.807, 2.05) is 0 Å². The van der Waals surface area contributed by atoms with Gasteiger partial charge in [0.2, 0.25) is 0 Å². The van der Waals surface area contributed by atoms with E-state index in [0.29, 0.717) is 34.9 Å². The molecule has 0 aromatic heterocycles. The average molecular weight is 405 g/mol. The third-order valence-electron chi connectivity index (χ3n) is 5.12. The van der Waals surface area contributed by atoms with E-state index < -0.39 is 23.3 Å². The van der Waals surface area contributed by atoms with Crippen LogP contribution < -0.4 is 10.1 Å². The zero-order valence-electron chi connectivity index (χ0n) is 15.1. The van der Waals surface area contributed by atoms with Gasteiger partial charge in [0.1, 0.15) is 17.1 Å². The van der Waals surface area contributed by atoms with E-state index in [4.69, 9.17) is 21.1 Å². The van der Waals surface area contributed by atoms with E-state index in [1.54, 1.807) is 19.1 Å². The molecule has 2 aliphatic heterocycles. The van der Waals surface area contributed by atoms with E-state index in [-0.39, 0.29) is 13.3 Å². The maximum Gasteiger partial charge on any atom is 0.325 e. The highest BCUT2D eigenvalue weighted by Gasteiger charge is 2.51. The zero-order valence-corrected chi connectivity index (χ0v) is 15.9. The summed E-state index contributed by atoms with van der Waals surface area (Å²) in [6.07, 6.45) is 0.331. The fourth-order valence-electron chi connectivity index (χ4n) is 3.69. The van der Waals surface area contributed by atoms with Crippen LogP contribution in [0.4, 0.5) is 9.18 Å². The molecule has 6 nitrogen and oxygen atoms in total. The minimum Gasteiger partial charge on any atom is -0.467 e. The molecule has 0 aliphatic carbocycles. The molecule has 2 heterocycles. The van der Waals surface area contributed by atoms with Crippen LogP contribution in [0.2, 0.25) is 5.02 Å². The Kier molecular flexibility index (Phi) is 4.72. The van der Waals surface area contributed by atoms with Crippen molar-refractivity contribution in [1.82, 2.24) is 10.2 Å². The van der Waals surface area contributed by atoms with Crippen LogP contribution in [0, 0.1) is 5.82 Å². The lowest BCUT2D eigenvalue weighted by Gasteiger charge is -2.26. The van der Waals surface area contributed by atoms with E-state index >= 15 is 0 Å². The normalized spacial score (nSPS) is 21.3. The zero-order chi connectivity index (χ0) is 19.9. The molecule has 0 radical (unpaired) electrons. The van der Waals surface area contributed by atoms with Gasteiger partial charge >= 0.3 is 6.03 Å². The molecule has 0 bridgehead atoms. The van der Waals surface area contributed by atoms with Crippen molar-refractivity contribution in [2.45, 2.75) is 32.0 Å². The number of halogens is 2. The molecule has 2 aromatic rings. The lowest BCUT2D eigenvalue weighted by Crippen LogP contribution is -2.43. The lowest BCUT2D eigenvalue weighted by atomic mass is 9.87. The Morgan fingerprint density at radius 2 is 2.00 bits per heavy atom. The van der Waals surface area contributed by atoms with Gasteiger partial charge in [0, 0.05) is 16.1 Å². The number of nitrogens with one attached hydrogen (secondary N) is 1. The van der Waals surface area contributed by atoms with Crippen LogP contribution in [0.1, 0.15) is 30.0 Å². The molecule has 0 saturated carbocycles. The van der Waals surface area contributed by atoms with E-state index in [1.165, 1.54) is 24.3 Å². The fourth-order valence-corrected chi connectivity index (χ4v) is 3.95. The van der Waals surface area contributed by atoms with Crippen molar-refractivity contribution in [3.63, 3.8) is 0 Å². The molecule has 0 unspecified atom stereocenters. The summed E-state index contributed by atoms with van der Waals surface area (Å²) in [6, 6.07) is 8.48. The number of carbonyl (C=O) groups is 2. The summed E-state index contributed by atoms with van der Waals surface area (Å²) >= 11 is 6.18. The summed E-state index contributed by atoms with van der Waals surface area (Å²) in [5.41, 5.74) is 0.698. The molecule has 1 saturated heterocycles. The monoisotopic (exact) mass is 404 g/mol. The number of hydrogen-bond donors (Lipinski definition) is 1. The predicted molar refractivity (Wildman–Crippen MR) is 99.2 cm³/mol. The Labute approximate surface area is 166 Å². The minimum atomic E-state index is -1.23. The topological polar surface area (TPSA) is 67.9 Å². The van der Waals surface area contributed by atoms with Gasteiger partial charge in [-0.1, -0.05) is 30.7 Å². The van der Waals surface area contributed by atoms with Gasteiger partial charge in [0.25, 0.3) is 5.91 Å². The number of nitrogens with zero attached hydrogens (tertiary/aromatic N) is 1. The first-order valence-electron chi connectivity index (χ1n) is 8.86. The minimum absolute atomic E-state index is 0.0104. The molecule has 1 N–H and O–H groups in total. The standard InChI is InChI=1S/C20H18ClFN2O4/c1-2-20(14-3-5-16(22)6-4-14)18(25)24(19(26)23-20)9-12-7-15(21)8-13-10-27-11-28-17(12)13/h3-8H,2,9-11H2,1H3,(H,23,26)/t20-/m1/s1. The molecule has 4 rings (SSSR count). The summed E-state index contributed by atoms with van der Waals surface area (Å²) in [5.74, 6) is -0.229. The van der Waals surface area contributed by atoms with Gasteiger partial charge < -0.3 is 14.8 Å². The van der Waals surface area contributed by atoms with Crippen molar-refractivity contribution < 1.29 is 23.5 Å². The number of fused-ring (bicyclic) bond motifs is 1. The van der Waals surface area contributed by atoms with Gasteiger partial charge in [0.15, 0.2) is 6.79 Å². The second-order valence-corrected chi connectivity index (χ2v) is 7.19. The molecular weight excluding hydrogens is 387 g/mol. The molecule has 0 spiro atoms. The number of amides is 3. The SMILES string of the molecule is CC[C@]1(c2ccc(F)cc2)NC(=O)N(Cc2cc(Cl)cc3c2OCOC3)C1=O. The number of carbonyl (C=O) groups excluding carboxylic acids is 2. The van der Waals surface area contributed by atoms with Gasteiger partial charge in [-0.25, -0.2) is 9.18 Å². The summed E-state index contributed by atoms with van der Waals surface area (Å²) < 4.78 is 24.2. The molecule has 2 aliphatic rings. The summed E-state index contributed by atoms with van der Waals surface area (Å²) in [7, 11) is 0. The van der Waals surface area contributed by atoms with Gasteiger partial charge in [-0.05, 0) is 36.2 Å². The smallest absolute Gasteiger partial charge is 0.325 e. The largest absolute Gasteiger partial charge is 0.467 e. The van der Waals surface area contributed by atoms with Crippen molar-refractivity contribution in [1.29, 1.82) is 0 Å². The van der Waals surface area contributed by atoms with Crippen LogP contribution in [0.25, 0.3) is 0 Å². The highest BCUT2D eigenvalue weighted by Crippen LogP contribution is 2.36. The Morgan fingerprint density at radius 1 is 1.25 bits per heavy atom. The molecule has 28 heavy (non-hydrogen) atoms. The van der Waals surface area contributed by atoms with Crippen LogP contribution in [0.15, 0.2) is 36.4 Å². The van der Waals surface area contributed by atoms with Crippen molar-refractivity contribution >= 4 is 23.5 Å². The Morgan fingerprint density at radius 3 is 2.71 bits per heavy atom. The molecule has 8 heteroatoms. The highest BCUT2D eigenvalue weighted by molar-refractivity contribution is 6.30. The molecular formula is C20H18ClFN2O4. The first kappa shape index (κ1) is 18.7. The second kappa shape index (κ2) is 7.07. The number of imide groups is 1. The number of benzene rings is 2. The van der Waals surface area contributed by atoms with Crippen molar-refractivity contribution in [3.8, 4) is 5.75 Å². The number of rotatable bonds is 4. The molecule has 1 atom stereocenters. The van der Waals surface area contributed by atoms with Crippen molar-refractivity contribution in [2.24, 2.45) is 0 Å². The highest BCUT2D eigenvalue weighted by atomic mass is 35.5. The molecule has 3 amide bonds. The fraction of sp³-hybridized carbons (Fsp3) is 0.300. The van der Waals surface area contributed by atoms with E-state index in [2.05, 4.69) is 5.32 Å². The molecule has 2 aromatic carbocycles. The first-order valence-corrected chi connectivity index (χ1v) is 9.24. The summed E-state index contributed by atoms with van der Waals surface area (Å²) in [6.45, 7) is 2.25. The number of urea groups is 1. The molecule has 146 valence electrons. The maximum atomic E-state index is 13.3. The van der Waals surface area contributed by atoms with Crippen LogP contribution in [-0.2, 0) is 28.2 Å². The van der Waals surface area contributed by atoms with E-state index in [9.17, 15) is 14.0 Å². The quantitative estimate of drug-likeness (QED) is 0.789. The summed E-state index contributed by atoms with van der Waals surface area (Å²) in [4.78, 5) is 27.1. The third kappa shape index (κ3) is 3.00. The average Bonchev–Trinajstić information content (AvgIpc) is 2.93. The van der Waals surface area contributed by atoms with Gasteiger partial charge in [-0.3, -0.25) is 9.69 Å². The lowest BCUT2D eigenvalue weighted by molar-refractivity contribution is -0.132.